The lowest BCUT2D eigenvalue weighted by Gasteiger charge is -2.17. The van der Waals surface area contributed by atoms with Crippen molar-refractivity contribution in [3.63, 3.8) is 0 Å². The number of aliphatic carboxylic acids is 1. The average Bonchev–Trinajstić information content (AvgIpc) is 2.41. The van der Waals surface area contributed by atoms with E-state index in [-0.39, 0.29) is 20.6 Å². The first-order chi connectivity index (χ1) is 10.6. The van der Waals surface area contributed by atoms with Gasteiger partial charge in [-0.15, -0.1) is 0 Å². The largest absolute Gasteiger partial charge is 0.481 e. The third-order valence-electron chi connectivity index (χ3n) is 2.94. The van der Waals surface area contributed by atoms with E-state index in [4.69, 9.17) is 39.9 Å². The predicted molar refractivity (Wildman–Crippen MR) is 81.0 cm³/mol. The van der Waals surface area contributed by atoms with Crippen molar-refractivity contribution in [3.05, 3.63) is 50.6 Å². The second-order valence-electron chi connectivity index (χ2n) is 4.48. The van der Waals surface area contributed by atoms with Gasteiger partial charge in [0, 0.05) is 11.8 Å². The molecule has 1 aromatic carbocycles. The first-order valence-corrected chi connectivity index (χ1v) is 7.17. The van der Waals surface area contributed by atoms with Crippen LogP contribution in [0.1, 0.15) is 11.1 Å². The van der Waals surface area contributed by atoms with Crippen molar-refractivity contribution < 1.29 is 23.1 Å². The SMILES string of the molecule is O=C(O)Cc1ccnc(-c2c(Cl)ccc(Cl)c2Cl)c1C(F)(F)F. The minimum absolute atomic E-state index is 0.00429. The molecule has 0 spiro atoms. The van der Waals surface area contributed by atoms with Crippen molar-refractivity contribution in [1.29, 1.82) is 0 Å². The number of rotatable bonds is 3. The summed E-state index contributed by atoms with van der Waals surface area (Å²) in [4.78, 5) is 14.5. The van der Waals surface area contributed by atoms with Crippen LogP contribution in [-0.4, -0.2) is 16.1 Å². The van der Waals surface area contributed by atoms with Gasteiger partial charge in [0.1, 0.15) is 0 Å². The standard InChI is InChI=1S/C14H7Cl3F3NO2/c15-7-1-2-8(16)12(17)10(7)13-11(14(18,19)20)6(3-4-21-13)5-9(22)23/h1-4H,5H2,(H,22,23). The van der Waals surface area contributed by atoms with Gasteiger partial charge in [-0.3, -0.25) is 9.78 Å². The predicted octanol–water partition coefficient (Wildman–Crippen LogP) is 5.35. The average molecular weight is 385 g/mol. The number of aromatic nitrogens is 1. The first kappa shape index (κ1) is 17.8. The second-order valence-corrected chi connectivity index (χ2v) is 5.67. The number of carboxylic acid groups (broad SMARTS) is 1. The van der Waals surface area contributed by atoms with Crippen LogP contribution in [0.4, 0.5) is 13.2 Å². The summed E-state index contributed by atoms with van der Waals surface area (Å²) in [6, 6.07) is 3.62. The van der Waals surface area contributed by atoms with Gasteiger partial charge in [0.15, 0.2) is 0 Å². The van der Waals surface area contributed by atoms with Gasteiger partial charge in [-0.2, -0.15) is 13.2 Å². The van der Waals surface area contributed by atoms with Gasteiger partial charge >= 0.3 is 12.1 Å². The Morgan fingerprint density at radius 2 is 1.74 bits per heavy atom. The molecule has 1 heterocycles. The summed E-state index contributed by atoms with van der Waals surface area (Å²) >= 11 is 17.8. The van der Waals surface area contributed by atoms with E-state index in [0.29, 0.717) is 0 Å². The number of halogens is 6. The number of hydrogen-bond acceptors (Lipinski definition) is 2. The smallest absolute Gasteiger partial charge is 0.418 e. The fraction of sp³-hybridized carbons (Fsp3) is 0.143. The second kappa shape index (κ2) is 6.55. The fourth-order valence-corrected chi connectivity index (χ4v) is 2.77. The molecule has 0 atom stereocenters. The van der Waals surface area contributed by atoms with E-state index in [1.165, 1.54) is 12.1 Å². The summed E-state index contributed by atoms with van der Waals surface area (Å²) < 4.78 is 40.4. The third-order valence-corrected chi connectivity index (χ3v) is 4.06. The number of carbonyl (C=O) groups is 1. The van der Waals surface area contributed by atoms with Gasteiger partial charge < -0.3 is 5.11 Å². The quantitative estimate of drug-likeness (QED) is 0.725. The van der Waals surface area contributed by atoms with Crippen LogP contribution in [-0.2, 0) is 17.4 Å². The van der Waals surface area contributed by atoms with Gasteiger partial charge in [0.25, 0.3) is 0 Å². The van der Waals surface area contributed by atoms with E-state index < -0.39 is 35.4 Å². The summed E-state index contributed by atoms with van der Waals surface area (Å²) in [5, 5.41) is 8.55. The number of pyridine rings is 1. The lowest BCUT2D eigenvalue weighted by Crippen LogP contribution is -2.15. The Bertz CT molecular complexity index is 779. The molecule has 0 unspecified atom stereocenters. The van der Waals surface area contributed by atoms with Gasteiger partial charge in [0.2, 0.25) is 0 Å². The molecule has 0 saturated heterocycles. The Labute approximate surface area is 143 Å². The summed E-state index contributed by atoms with van der Waals surface area (Å²) in [7, 11) is 0. The van der Waals surface area contributed by atoms with E-state index in [1.54, 1.807) is 0 Å². The Balaban J connectivity index is 2.83. The molecule has 122 valence electrons. The van der Waals surface area contributed by atoms with Gasteiger partial charge in [-0.05, 0) is 23.8 Å². The van der Waals surface area contributed by atoms with Crippen molar-refractivity contribution in [2.75, 3.05) is 0 Å². The summed E-state index contributed by atoms with van der Waals surface area (Å²) in [6.07, 6.45) is -4.60. The molecule has 0 aliphatic carbocycles. The number of alkyl halides is 3. The molecule has 0 fully saturated rings. The van der Waals surface area contributed by atoms with E-state index in [0.717, 1.165) is 12.3 Å². The molecule has 0 saturated carbocycles. The molecule has 0 bridgehead atoms. The van der Waals surface area contributed by atoms with Crippen molar-refractivity contribution in [1.82, 2.24) is 4.98 Å². The van der Waals surface area contributed by atoms with Gasteiger partial charge in [0.05, 0.1) is 32.7 Å². The Kier molecular flexibility index (Phi) is 5.08. The molecular formula is C14H7Cl3F3NO2. The van der Waals surface area contributed by atoms with Crippen LogP contribution in [0.2, 0.25) is 15.1 Å². The van der Waals surface area contributed by atoms with Crippen LogP contribution in [0.25, 0.3) is 11.3 Å². The first-order valence-electron chi connectivity index (χ1n) is 6.03. The van der Waals surface area contributed by atoms with Crippen LogP contribution in [0.3, 0.4) is 0 Å². The number of nitrogens with zero attached hydrogens (tertiary/aromatic N) is 1. The fourth-order valence-electron chi connectivity index (χ4n) is 2.06. The molecule has 9 heteroatoms. The van der Waals surface area contributed by atoms with Gasteiger partial charge in [-0.1, -0.05) is 34.8 Å². The minimum Gasteiger partial charge on any atom is -0.481 e. The van der Waals surface area contributed by atoms with E-state index in [9.17, 15) is 18.0 Å². The monoisotopic (exact) mass is 383 g/mol. The summed E-state index contributed by atoms with van der Waals surface area (Å²) in [5.41, 5.74) is -2.40. The van der Waals surface area contributed by atoms with Gasteiger partial charge in [-0.25, -0.2) is 0 Å². The highest BCUT2D eigenvalue weighted by Crippen LogP contribution is 2.44. The normalized spacial score (nSPS) is 11.6. The highest BCUT2D eigenvalue weighted by atomic mass is 35.5. The van der Waals surface area contributed by atoms with Crippen LogP contribution < -0.4 is 0 Å². The van der Waals surface area contributed by atoms with Crippen LogP contribution in [0, 0.1) is 0 Å². The topological polar surface area (TPSA) is 50.2 Å². The zero-order valence-electron chi connectivity index (χ0n) is 11.1. The van der Waals surface area contributed by atoms with Crippen LogP contribution in [0.15, 0.2) is 24.4 Å². The molecule has 23 heavy (non-hydrogen) atoms. The maximum absolute atomic E-state index is 13.5. The summed E-state index contributed by atoms with van der Waals surface area (Å²) in [6.45, 7) is 0. The molecule has 0 aliphatic rings. The van der Waals surface area contributed by atoms with E-state index in [1.807, 2.05) is 0 Å². The van der Waals surface area contributed by atoms with E-state index >= 15 is 0 Å². The lowest BCUT2D eigenvalue weighted by molar-refractivity contribution is -0.139. The number of carboxylic acids is 1. The number of benzene rings is 1. The van der Waals surface area contributed by atoms with Crippen molar-refractivity contribution in [2.24, 2.45) is 0 Å². The van der Waals surface area contributed by atoms with Crippen molar-refractivity contribution in [2.45, 2.75) is 12.6 Å². The molecule has 1 aromatic heterocycles. The molecule has 2 rings (SSSR count). The van der Waals surface area contributed by atoms with Crippen molar-refractivity contribution >= 4 is 40.8 Å². The zero-order chi connectivity index (χ0) is 17.4. The third kappa shape index (κ3) is 3.71. The molecule has 1 N–H and O–H groups in total. The molecule has 0 radical (unpaired) electrons. The minimum atomic E-state index is -4.84. The highest BCUT2D eigenvalue weighted by molar-refractivity contribution is 6.46. The maximum Gasteiger partial charge on any atom is 0.418 e. The Morgan fingerprint density at radius 1 is 1.13 bits per heavy atom. The lowest BCUT2D eigenvalue weighted by atomic mass is 9.98. The molecular weight excluding hydrogens is 378 g/mol. The molecule has 3 nitrogen and oxygen atoms in total. The number of hydrogen-bond donors (Lipinski definition) is 1. The Hall–Kier alpha value is -1.50. The molecule has 0 aliphatic heterocycles. The van der Waals surface area contributed by atoms with E-state index in [2.05, 4.69) is 4.98 Å². The van der Waals surface area contributed by atoms with Crippen LogP contribution >= 0.6 is 34.8 Å². The molecule has 2 aromatic rings. The molecule has 0 amide bonds. The van der Waals surface area contributed by atoms with Crippen molar-refractivity contribution in [3.8, 4) is 11.3 Å². The Morgan fingerprint density at radius 3 is 2.30 bits per heavy atom. The maximum atomic E-state index is 13.5. The summed E-state index contributed by atoms with van der Waals surface area (Å²) in [5.74, 6) is -1.41. The van der Waals surface area contributed by atoms with Crippen LogP contribution in [0.5, 0.6) is 0 Å². The zero-order valence-corrected chi connectivity index (χ0v) is 13.4. The highest BCUT2D eigenvalue weighted by Gasteiger charge is 2.38.